The summed E-state index contributed by atoms with van der Waals surface area (Å²) in [6.07, 6.45) is 12.9. The first kappa shape index (κ1) is 20.3. The van der Waals surface area contributed by atoms with E-state index in [1.807, 2.05) is 0 Å². The van der Waals surface area contributed by atoms with Gasteiger partial charge in [0, 0.05) is 17.8 Å². The Kier molecular flexibility index (Phi) is 3.57. The van der Waals surface area contributed by atoms with Gasteiger partial charge < -0.3 is 14.4 Å². The number of amidine groups is 1. The van der Waals surface area contributed by atoms with Gasteiger partial charge in [0.05, 0.1) is 18.2 Å². The topological polar surface area (TPSA) is 34.1 Å². The van der Waals surface area contributed by atoms with Crippen molar-refractivity contribution < 1.29 is 9.47 Å². The molecule has 11 unspecified atom stereocenters. The Morgan fingerprint density at radius 2 is 1.78 bits per heavy atom. The van der Waals surface area contributed by atoms with Crippen LogP contribution in [0.15, 0.2) is 29.3 Å². The van der Waals surface area contributed by atoms with Crippen LogP contribution in [-0.4, -0.2) is 48.0 Å². The number of hydrogen-bond donors (Lipinski definition) is 0. The van der Waals surface area contributed by atoms with Gasteiger partial charge in [-0.05, 0) is 97.3 Å². The van der Waals surface area contributed by atoms with Crippen LogP contribution >= 0.6 is 0 Å². The Balaban J connectivity index is 1.21. The summed E-state index contributed by atoms with van der Waals surface area (Å²) < 4.78 is 13.9. The molecule has 11 atom stereocenters. The van der Waals surface area contributed by atoms with E-state index in [2.05, 4.69) is 43.0 Å². The van der Waals surface area contributed by atoms with Crippen LogP contribution in [0.1, 0.15) is 71.6 Å². The summed E-state index contributed by atoms with van der Waals surface area (Å²) in [6, 6.07) is 11.8. The van der Waals surface area contributed by atoms with Crippen LogP contribution in [0.2, 0.25) is 11.6 Å². The van der Waals surface area contributed by atoms with Gasteiger partial charge >= 0.3 is 0 Å². The molecule has 4 heterocycles. The molecule has 2 saturated heterocycles. The molecule has 4 aliphatic heterocycles. The van der Waals surface area contributed by atoms with Crippen molar-refractivity contribution in [1.82, 2.24) is 4.90 Å². The molecule has 6 saturated carbocycles. The van der Waals surface area contributed by atoms with Crippen LogP contribution in [0, 0.1) is 34.5 Å². The van der Waals surface area contributed by atoms with Gasteiger partial charge in [0.1, 0.15) is 11.9 Å². The van der Waals surface area contributed by atoms with E-state index >= 15 is 0 Å². The highest BCUT2D eigenvalue weighted by molar-refractivity contribution is 6.78. The molecule has 1 aromatic rings. The fraction of sp³-hybridized carbons (Fsp3) is 0.774. The highest BCUT2D eigenvalue weighted by atomic mass is 16.5. The zero-order valence-electron chi connectivity index (χ0n) is 21.8. The first-order chi connectivity index (χ1) is 17.5. The molecule has 1 aromatic carbocycles. The summed E-state index contributed by atoms with van der Waals surface area (Å²) in [7, 11) is 0. The molecule has 0 N–H and O–H groups in total. The molecule has 2 bridgehead atoms. The van der Waals surface area contributed by atoms with E-state index in [0.29, 0.717) is 65.4 Å². The van der Waals surface area contributed by atoms with E-state index in [1.165, 1.54) is 69.0 Å². The van der Waals surface area contributed by atoms with E-state index in [4.69, 9.17) is 14.5 Å². The third kappa shape index (κ3) is 2.16. The van der Waals surface area contributed by atoms with Crippen LogP contribution in [0.3, 0.4) is 0 Å². The van der Waals surface area contributed by atoms with E-state index < -0.39 is 0 Å². The molecule has 0 radical (unpaired) electrons. The van der Waals surface area contributed by atoms with Crippen LogP contribution in [0.25, 0.3) is 0 Å². The normalized spacial score (nSPS) is 56.1. The van der Waals surface area contributed by atoms with E-state index in [-0.39, 0.29) is 0 Å². The molecular weight excluding hydrogens is 443 g/mol. The molecule has 6 aliphatic carbocycles. The van der Waals surface area contributed by atoms with Gasteiger partial charge in [-0.2, -0.15) is 0 Å². The lowest BCUT2D eigenvalue weighted by Gasteiger charge is -2.70. The molecule has 36 heavy (non-hydrogen) atoms. The minimum Gasteiger partial charge on any atom is -0.491 e. The zero-order chi connectivity index (χ0) is 23.6. The molecule has 188 valence electrons. The highest BCUT2D eigenvalue weighted by Crippen LogP contribution is 2.71. The molecule has 0 spiro atoms. The van der Waals surface area contributed by atoms with Gasteiger partial charge in [0.25, 0.3) is 6.02 Å². The van der Waals surface area contributed by atoms with E-state index in [0.717, 1.165) is 23.8 Å². The number of hydrogen-bond acceptors (Lipinski definition) is 4. The van der Waals surface area contributed by atoms with Crippen LogP contribution in [0.5, 0.6) is 5.75 Å². The number of rotatable bonds is 0. The van der Waals surface area contributed by atoms with Gasteiger partial charge in [-0.25, -0.2) is 4.99 Å². The maximum atomic E-state index is 6.96. The lowest BCUT2D eigenvalue weighted by atomic mass is 9.21. The maximum absolute atomic E-state index is 6.96. The second-order valence-corrected chi connectivity index (χ2v) is 15.1. The summed E-state index contributed by atoms with van der Waals surface area (Å²) in [5, 5.41) is 0. The fourth-order valence-corrected chi connectivity index (χ4v) is 12.6. The summed E-state index contributed by atoms with van der Waals surface area (Å²) in [5.74, 6) is 5.43. The van der Waals surface area contributed by atoms with Crippen molar-refractivity contribution in [2.24, 2.45) is 39.5 Å². The largest absolute Gasteiger partial charge is 0.491 e. The average molecular weight is 482 g/mol. The van der Waals surface area contributed by atoms with Crippen LogP contribution in [-0.2, 0) is 4.74 Å². The first-order valence-corrected chi connectivity index (χ1v) is 15.3. The van der Waals surface area contributed by atoms with Gasteiger partial charge in [0.2, 0.25) is 0 Å². The number of para-hydroxylation sites is 1. The van der Waals surface area contributed by atoms with Crippen molar-refractivity contribution in [3.63, 3.8) is 0 Å². The molecule has 0 aromatic heterocycles. The highest BCUT2D eigenvalue weighted by Gasteiger charge is 2.73. The molecule has 11 rings (SSSR count). The summed E-state index contributed by atoms with van der Waals surface area (Å²) in [6.45, 7) is 5.92. The van der Waals surface area contributed by atoms with Crippen molar-refractivity contribution >= 4 is 18.2 Å². The number of ether oxygens (including phenoxy) is 2. The van der Waals surface area contributed by atoms with Crippen LogP contribution < -0.4 is 10.2 Å². The second-order valence-electron chi connectivity index (χ2n) is 15.1. The minimum absolute atomic E-state index is 0.364. The molecule has 4 nitrogen and oxygen atoms in total. The lowest BCUT2D eigenvalue weighted by Crippen LogP contribution is -2.77. The Morgan fingerprint density at radius 1 is 0.944 bits per heavy atom. The smallest absolute Gasteiger partial charge is 0.288 e. The molecule has 8 fully saturated rings. The summed E-state index contributed by atoms with van der Waals surface area (Å²) in [5.41, 5.74) is 2.50. The number of aliphatic imine (C=N–C) groups is 1. The third-order valence-corrected chi connectivity index (χ3v) is 14.0. The van der Waals surface area contributed by atoms with Gasteiger partial charge in [-0.15, -0.1) is 0 Å². The van der Waals surface area contributed by atoms with Gasteiger partial charge in [-0.3, -0.25) is 0 Å². The molecule has 0 amide bonds. The fourth-order valence-electron chi connectivity index (χ4n) is 12.6. The summed E-state index contributed by atoms with van der Waals surface area (Å²) in [4.78, 5) is 8.51. The zero-order valence-corrected chi connectivity index (χ0v) is 21.8. The van der Waals surface area contributed by atoms with E-state index in [9.17, 15) is 0 Å². The van der Waals surface area contributed by atoms with Crippen molar-refractivity contribution in [3.05, 3.63) is 24.3 Å². The Morgan fingerprint density at radius 3 is 2.67 bits per heavy atom. The molecule has 10 aliphatic rings. The first-order valence-electron chi connectivity index (χ1n) is 15.3. The number of nitrogens with zero attached hydrogens (tertiary/aromatic N) is 2. The Bertz CT molecular complexity index is 1190. The predicted octanol–water partition coefficient (Wildman–Crippen LogP) is 5.14. The standard InChI is InChI=1S/C31H39BN2O2/c1-30-10-12-31(2,13-11-30)24-17(30)15-19-27-26(24)33-29-34(27)28-23-16(6-5-9-21(23)36-29)14-22-25(28)32(19)18-7-3-4-8-20(18)35-22/h3-4,7-8,16-17,19,21-28H,5-6,9-15H2,1-2H3. The lowest BCUT2D eigenvalue weighted by molar-refractivity contribution is -0.153. The van der Waals surface area contributed by atoms with Gasteiger partial charge in [0.15, 0.2) is 6.71 Å². The second kappa shape index (κ2) is 6.32. The van der Waals surface area contributed by atoms with Gasteiger partial charge in [-0.1, -0.05) is 38.5 Å². The van der Waals surface area contributed by atoms with Crippen molar-refractivity contribution in [1.29, 1.82) is 0 Å². The number of benzene rings is 1. The number of fused-ring (bicyclic) bond motifs is 5. The Labute approximate surface area is 215 Å². The predicted molar refractivity (Wildman–Crippen MR) is 141 cm³/mol. The van der Waals surface area contributed by atoms with Crippen molar-refractivity contribution in [2.75, 3.05) is 0 Å². The third-order valence-electron chi connectivity index (χ3n) is 14.0. The maximum Gasteiger partial charge on any atom is 0.288 e. The van der Waals surface area contributed by atoms with Crippen LogP contribution in [0.4, 0.5) is 0 Å². The van der Waals surface area contributed by atoms with Crippen molar-refractivity contribution in [3.8, 4) is 5.75 Å². The van der Waals surface area contributed by atoms with Crippen molar-refractivity contribution in [2.45, 2.75) is 114 Å². The molecule has 5 heteroatoms. The minimum atomic E-state index is 0.364. The Hall–Kier alpha value is -1.65. The quantitative estimate of drug-likeness (QED) is 0.481. The average Bonchev–Trinajstić information content (AvgIpc) is 3.27. The SMILES string of the molecule is CC12CCC(C)(CC1)C1C3N=C4OC5CCCC6CC7Oc8ccccc8B8C(CC12)C3N4C(C87)C65. The van der Waals surface area contributed by atoms with E-state index in [1.54, 1.807) is 0 Å². The molecular formula is C31H39BN2O2. The summed E-state index contributed by atoms with van der Waals surface area (Å²) >= 11 is 0. The monoisotopic (exact) mass is 482 g/mol.